The van der Waals surface area contributed by atoms with Crippen LogP contribution >= 0.6 is 0 Å². The number of hydrogen-bond acceptors (Lipinski definition) is 5. The van der Waals surface area contributed by atoms with Gasteiger partial charge in [-0.3, -0.25) is 9.52 Å². The van der Waals surface area contributed by atoms with E-state index >= 15 is 0 Å². The highest BCUT2D eigenvalue weighted by molar-refractivity contribution is 7.92. The predicted octanol–water partition coefficient (Wildman–Crippen LogP) is 0.101. The molecule has 100 valence electrons. The third-order valence-corrected chi connectivity index (χ3v) is 2.82. The summed E-state index contributed by atoms with van der Waals surface area (Å²) in [6.45, 7) is 0. The maximum absolute atomic E-state index is 11.1. The number of rotatable bonds is 5. The highest BCUT2D eigenvalue weighted by Gasteiger charge is 2.14. The van der Waals surface area contributed by atoms with Gasteiger partial charge in [0.05, 0.1) is 13.4 Å². The van der Waals surface area contributed by atoms with E-state index in [4.69, 9.17) is 5.73 Å². The van der Waals surface area contributed by atoms with Gasteiger partial charge in [0.2, 0.25) is 10.0 Å². The Morgan fingerprint density at radius 1 is 1.39 bits per heavy atom. The molecule has 0 aliphatic rings. The quantitative estimate of drug-likeness (QED) is 0.741. The van der Waals surface area contributed by atoms with Crippen LogP contribution in [0.3, 0.4) is 0 Å². The highest BCUT2D eigenvalue weighted by Crippen LogP contribution is 2.12. The first-order valence-corrected chi connectivity index (χ1v) is 7.11. The van der Waals surface area contributed by atoms with Gasteiger partial charge in [0.25, 0.3) is 0 Å². The fourth-order valence-corrected chi connectivity index (χ4v) is 1.98. The summed E-state index contributed by atoms with van der Waals surface area (Å²) in [7, 11) is -2.00. The Balaban J connectivity index is 2.69. The molecule has 1 aromatic carbocycles. The van der Waals surface area contributed by atoms with Gasteiger partial charge in [-0.1, -0.05) is 12.1 Å². The molecule has 3 N–H and O–H groups in total. The molecule has 0 fully saturated rings. The average Bonchev–Trinajstić information content (AvgIpc) is 2.28. The molecular weight excluding hydrogens is 256 g/mol. The molecule has 0 saturated heterocycles. The predicted molar refractivity (Wildman–Crippen MR) is 68.6 cm³/mol. The number of anilines is 1. The molecule has 0 spiro atoms. The van der Waals surface area contributed by atoms with Crippen LogP contribution in [0, 0.1) is 0 Å². The first-order valence-electron chi connectivity index (χ1n) is 5.22. The van der Waals surface area contributed by atoms with E-state index in [0.29, 0.717) is 12.1 Å². The molecule has 0 aliphatic heterocycles. The average molecular weight is 272 g/mol. The molecule has 0 bridgehead atoms. The lowest BCUT2D eigenvalue weighted by molar-refractivity contribution is -0.142. The Labute approximate surface area is 106 Å². The van der Waals surface area contributed by atoms with Gasteiger partial charge in [0.15, 0.2) is 0 Å². The summed E-state index contributed by atoms with van der Waals surface area (Å²) in [6.07, 6.45) is 1.42. The molecule has 0 amide bonds. The van der Waals surface area contributed by atoms with Crippen LogP contribution in [0.5, 0.6) is 0 Å². The minimum Gasteiger partial charge on any atom is -0.468 e. The smallest absolute Gasteiger partial charge is 0.322 e. The second-order valence-electron chi connectivity index (χ2n) is 3.90. The standard InChI is InChI=1S/C11H16N2O4S/c1-17-11(14)10(12)7-8-3-5-9(6-4-8)13-18(2,15)16/h3-6,10,13H,7,12H2,1-2H3. The van der Waals surface area contributed by atoms with Crippen LogP contribution in [0.15, 0.2) is 24.3 Å². The third kappa shape index (κ3) is 4.72. The van der Waals surface area contributed by atoms with Gasteiger partial charge in [-0.05, 0) is 24.1 Å². The zero-order chi connectivity index (χ0) is 13.8. The fraction of sp³-hybridized carbons (Fsp3) is 0.364. The highest BCUT2D eigenvalue weighted by atomic mass is 32.2. The maximum atomic E-state index is 11.1. The molecule has 0 heterocycles. The number of nitrogens with two attached hydrogens (primary N) is 1. The SMILES string of the molecule is COC(=O)C(N)Cc1ccc(NS(C)(=O)=O)cc1. The first kappa shape index (κ1) is 14.5. The number of carbonyl (C=O) groups is 1. The normalized spacial score (nSPS) is 12.8. The van der Waals surface area contributed by atoms with Crippen LogP contribution < -0.4 is 10.5 Å². The summed E-state index contributed by atoms with van der Waals surface area (Å²) in [5.41, 5.74) is 6.91. The molecule has 7 heteroatoms. The molecule has 0 aliphatic carbocycles. The fourth-order valence-electron chi connectivity index (χ4n) is 1.41. The van der Waals surface area contributed by atoms with E-state index in [1.54, 1.807) is 24.3 Å². The van der Waals surface area contributed by atoms with Crippen molar-refractivity contribution in [3.63, 3.8) is 0 Å². The van der Waals surface area contributed by atoms with Crippen LogP contribution in [0.1, 0.15) is 5.56 Å². The summed E-state index contributed by atoms with van der Waals surface area (Å²) in [5.74, 6) is -0.478. The zero-order valence-corrected chi connectivity index (χ0v) is 11.0. The van der Waals surface area contributed by atoms with Crippen LogP contribution in [0.2, 0.25) is 0 Å². The number of nitrogens with one attached hydrogen (secondary N) is 1. The molecule has 1 rings (SSSR count). The van der Waals surface area contributed by atoms with E-state index < -0.39 is 22.0 Å². The Morgan fingerprint density at radius 2 is 1.94 bits per heavy atom. The zero-order valence-electron chi connectivity index (χ0n) is 10.2. The lowest BCUT2D eigenvalue weighted by atomic mass is 10.1. The minimum atomic E-state index is -3.28. The summed E-state index contributed by atoms with van der Waals surface area (Å²) < 4.78 is 28.9. The Morgan fingerprint density at radius 3 is 2.39 bits per heavy atom. The van der Waals surface area contributed by atoms with Crippen LogP contribution in [-0.4, -0.2) is 33.8 Å². The molecule has 0 saturated carbocycles. The maximum Gasteiger partial charge on any atom is 0.322 e. The van der Waals surface area contributed by atoms with Gasteiger partial charge in [0.1, 0.15) is 6.04 Å². The summed E-state index contributed by atoms with van der Waals surface area (Å²) >= 11 is 0. The van der Waals surface area contributed by atoms with E-state index in [1.165, 1.54) is 7.11 Å². The van der Waals surface area contributed by atoms with Gasteiger partial charge < -0.3 is 10.5 Å². The Hall–Kier alpha value is -1.60. The second-order valence-corrected chi connectivity index (χ2v) is 5.65. The van der Waals surface area contributed by atoms with Crippen molar-refractivity contribution in [2.45, 2.75) is 12.5 Å². The lowest BCUT2D eigenvalue weighted by Crippen LogP contribution is -2.33. The van der Waals surface area contributed by atoms with E-state index in [1.807, 2.05) is 0 Å². The van der Waals surface area contributed by atoms with Crippen molar-refractivity contribution >= 4 is 21.7 Å². The van der Waals surface area contributed by atoms with Gasteiger partial charge in [-0.15, -0.1) is 0 Å². The molecule has 0 radical (unpaired) electrons. The van der Waals surface area contributed by atoms with Gasteiger partial charge >= 0.3 is 5.97 Å². The number of benzene rings is 1. The molecule has 18 heavy (non-hydrogen) atoms. The molecular formula is C11H16N2O4S. The number of hydrogen-bond donors (Lipinski definition) is 2. The van der Waals surface area contributed by atoms with Crippen molar-refractivity contribution in [3.8, 4) is 0 Å². The molecule has 6 nitrogen and oxygen atoms in total. The minimum absolute atomic E-state index is 0.339. The first-order chi connectivity index (χ1) is 8.31. The van der Waals surface area contributed by atoms with Crippen LogP contribution in [-0.2, 0) is 26.0 Å². The van der Waals surface area contributed by atoms with E-state index in [0.717, 1.165) is 11.8 Å². The van der Waals surface area contributed by atoms with Crippen LogP contribution in [0.4, 0.5) is 5.69 Å². The van der Waals surface area contributed by atoms with Gasteiger partial charge in [-0.25, -0.2) is 8.42 Å². The van der Waals surface area contributed by atoms with Crippen molar-refractivity contribution in [2.24, 2.45) is 5.73 Å². The number of sulfonamides is 1. The second kappa shape index (κ2) is 5.83. The molecule has 0 aromatic heterocycles. The van der Waals surface area contributed by atoms with Crippen molar-refractivity contribution in [2.75, 3.05) is 18.1 Å². The summed E-state index contributed by atoms with van der Waals surface area (Å²) in [5, 5.41) is 0. The summed E-state index contributed by atoms with van der Waals surface area (Å²) in [4.78, 5) is 11.1. The largest absolute Gasteiger partial charge is 0.468 e. The third-order valence-electron chi connectivity index (χ3n) is 2.22. The van der Waals surface area contributed by atoms with Crippen molar-refractivity contribution in [3.05, 3.63) is 29.8 Å². The molecule has 1 unspecified atom stereocenters. The van der Waals surface area contributed by atoms with E-state index in [2.05, 4.69) is 9.46 Å². The number of carbonyl (C=O) groups excluding carboxylic acids is 1. The topological polar surface area (TPSA) is 98.5 Å². The molecule has 1 atom stereocenters. The van der Waals surface area contributed by atoms with E-state index in [9.17, 15) is 13.2 Å². The monoisotopic (exact) mass is 272 g/mol. The van der Waals surface area contributed by atoms with Gasteiger partial charge in [-0.2, -0.15) is 0 Å². The van der Waals surface area contributed by atoms with E-state index in [-0.39, 0.29) is 0 Å². The number of ether oxygens (including phenoxy) is 1. The van der Waals surface area contributed by atoms with Gasteiger partial charge in [0, 0.05) is 5.69 Å². The van der Waals surface area contributed by atoms with Crippen molar-refractivity contribution in [1.29, 1.82) is 0 Å². The molecule has 1 aromatic rings. The van der Waals surface area contributed by atoms with Crippen molar-refractivity contribution in [1.82, 2.24) is 0 Å². The lowest BCUT2D eigenvalue weighted by Gasteiger charge is -2.10. The Bertz CT molecular complexity index is 510. The van der Waals surface area contributed by atoms with Crippen LogP contribution in [0.25, 0.3) is 0 Å². The summed E-state index contributed by atoms with van der Waals surface area (Å²) in [6, 6.07) is 5.91. The Kier molecular flexibility index (Phi) is 4.69. The van der Waals surface area contributed by atoms with Crippen molar-refractivity contribution < 1.29 is 17.9 Å². The number of esters is 1. The number of methoxy groups -OCH3 is 1.